The SMILES string of the molecule is O=S(=O)(c1cccs1)N1CC2(CCN(CC3CC3)C2)C1. The summed E-state index contributed by atoms with van der Waals surface area (Å²) in [7, 11) is -3.22. The highest BCUT2D eigenvalue weighted by Gasteiger charge is 2.52. The zero-order valence-electron chi connectivity index (χ0n) is 11.5. The number of rotatable bonds is 4. The minimum atomic E-state index is -3.22. The maximum Gasteiger partial charge on any atom is 0.252 e. The van der Waals surface area contributed by atoms with Gasteiger partial charge in [0.2, 0.25) is 0 Å². The predicted octanol–water partition coefficient (Wildman–Crippen LogP) is 1.85. The maximum absolute atomic E-state index is 12.4. The minimum Gasteiger partial charge on any atom is -0.302 e. The van der Waals surface area contributed by atoms with E-state index in [0.717, 1.165) is 25.4 Å². The average Bonchev–Trinajstić information content (AvgIpc) is 2.90. The highest BCUT2D eigenvalue weighted by molar-refractivity contribution is 7.91. The van der Waals surface area contributed by atoms with Crippen molar-refractivity contribution in [2.45, 2.75) is 23.5 Å². The fourth-order valence-electron chi connectivity index (χ4n) is 3.52. The Morgan fingerprint density at radius 2 is 2.10 bits per heavy atom. The third-order valence-corrected chi connectivity index (χ3v) is 8.01. The number of hydrogen-bond donors (Lipinski definition) is 0. The number of thiophene rings is 1. The summed E-state index contributed by atoms with van der Waals surface area (Å²) in [4.78, 5) is 2.55. The third-order valence-electron chi connectivity index (χ3n) is 4.84. The molecular weight excluding hydrogens is 292 g/mol. The highest BCUT2D eigenvalue weighted by Crippen LogP contribution is 2.43. The molecule has 0 N–H and O–H groups in total. The molecule has 6 heteroatoms. The molecule has 110 valence electrons. The van der Waals surface area contributed by atoms with Crippen LogP contribution in [-0.2, 0) is 10.0 Å². The fourth-order valence-corrected chi connectivity index (χ4v) is 6.33. The summed E-state index contributed by atoms with van der Waals surface area (Å²) in [5, 5.41) is 1.83. The van der Waals surface area contributed by atoms with Gasteiger partial charge < -0.3 is 4.90 Å². The molecule has 4 rings (SSSR count). The molecule has 20 heavy (non-hydrogen) atoms. The minimum absolute atomic E-state index is 0.249. The van der Waals surface area contributed by atoms with Crippen LogP contribution in [0.4, 0.5) is 0 Å². The second-order valence-corrected chi connectivity index (χ2v) is 9.75. The molecule has 0 bridgehead atoms. The van der Waals surface area contributed by atoms with Gasteiger partial charge in [-0.1, -0.05) is 6.07 Å². The van der Waals surface area contributed by atoms with Gasteiger partial charge in [0.25, 0.3) is 10.0 Å². The van der Waals surface area contributed by atoms with Crippen molar-refractivity contribution in [3.05, 3.63) is 17.5 Å². The van der Waals surface area contributed by atoms with E-state index in [9.17, 15) is 8.42 Å². The molecule has 1 aromatic heterocycles. The molecule has 4 nitrogen and oxygen atoms in total. The van der Waals surface area contributed by atoms with Crippen LogP contribution in [-0.4, -0.2) is 50.3 Å². The van der Waals surface area contributed by atoms with Gasteiger partial charge in [-0.3, -0.25) is 0 Å². The van der Waals surface area contributed by atoms with Crippen LogP contribution >= 0.6 is 11.3 Å². The number of hydrogen-bond acceptors (Lipinski definition) is 4. The standard InChI is InChI=1S/C14H20N2O2S2/c17-20(18,13-2-1-7-19-13)16-10-14(11-16)5-6-15(9-14)8-12-3-4-12/h1-2,7,12H,3-6,8-11H2. The van der Waals surface area contributed by atoms with E-state index in [1.54, 1.807) is 16.4 Å². The Morgan fingerprint density at radius 1 is 1.30 bits per heavy atom. The lowest BCUT2D eigenvalue weighted by Crippen LogP contribution is -2.59. The Kier molecular flexibility index (Phi) is 3.00. The van der Waals surface area contributed by atoms with Gasteiger partial charge in [0.05, 0.1) is 0 Å². The van der Waals surface area contributed by atoms with E-state index in [0.29, 0.717) is 17.3 Å². The summed E-state index contributed by atoms with van der Waals surface area (Å²) in [5.41, 5.74) is 0.249. The first-order chi connectivity index (χ1) is 9.57. The largest absolute Gasteiger partial charge is 0.302 e. The molecule has 0 aromatic carbocycles. The predicted molar refractivity (Wildman–Crippen MR) is 79.3 cm³/mol. The molecule has 2 aliphatic heterocycles. The zero-order valence-corrected chi connectivity index (χ0v) is 13.1. The van der Waals surface area contributed by atoms with Gasteiger partial charge in [0, 0.05) is 31.6 Å². The average molecular weight is 312 g/mol. The molecule has 3 aliphatic rings. The lowest BCUT2D eigenvalue weighted by atomic mass is 9.81. The lowest BCUT2D eigenvalue weighted by Gasteiger charge is -2.46. The van der Waals surface area contributed by atoms with Crippen molar-refractivity contribution < 1.29 is 8.42 Å². The summed E-state index contributed by atoms with van der Waals surface area (Å²) in [6.07, 6.45) is 3.95. The van der Waals surface area contributed by atoms with E-state index in [2.05, 4.69) is 4.90 Å². The smallest absolute Gasteiger partial charge is 0.252 e. The molecule has 1 aromatic rings. The van der Waals surface area contributed by atoms with Crippen molar-refractivity contribution >= 4 is 21.4 Å². The Balaban J connectivity index is 1.39. The monoisotopic (exact) mass is 312 g/mol. The Morgan fingerprint density at radius 3 is 2.75 bits per heavy atom. The second-order valence-electron chi connectivity index (χ2n) is 6.63. The van der Waals surface area contributed by atoms with E-state index in [-0.39, 0.29) is 5.41 Å². The molecule has 1 saturated carbocycles. The first-order valence-corrected chi connectivity index (χ1v) is 9.66. The topological polar surface area (TPSA) is 40.6 Å². The Labute approximate surface area is 124 Å². The number of nitrogens with zero attached hydrogens (tertiary/aromatic N) is 2. The summed E-state index contributed by atoms with van der Waals surface area (Å²) >= 11 is 1.32. The second kappa shape index (κ2) is 4.53. The van der Waals surface area contributed by atoms with Crippen LogP contribution in [0, 0.1) is 11.3 Å². The fraction of sp³-hybridized carbons (Fsp3) is 0.714. The molecule has 0 unspecified atom stereocenters. The Hall–Kier alpha value is -0.430. The number of likely N-dealkylation sites (tertiary alicyclic amines) is 1. The van der Waals surface area contributed by atoms with Gasteiger partial charge >= 0.3 is 0 Å². The first kappa shape index (κ1) is 13.2. The van der Waals surface area contributed by atoms with Gasteiger partial charge in [0.1, 0.15) is 4.21 Å². The molecule has 0 radical (unpaired) electrons. The van der Waals surface area contributed by atoms with Crippen molar-refractivity contribution in [1.82, 2.24) is 9.21 Å². The molecule has 1 spiro atoms. The van der Waals surface area contributed by atoms with Crippen molar-refractivity contribution in [2.75, 3.05) is 32.7 Å². The first-order valence-electron chi connectivity index (χ1n) is 7.34. The zero-order chi connectivity index (χ0) is 13.8. The number of sulfonamides is 1. The van der Waals surface area contributed by atoms with Crippen LogP contribution < -0.4 is 0 Å². The van der Waals surface area contributed by atoms with Crippen LogP contribution in [0.15, 0.2) is 21.7 Å². The Bertz CT molecular complexity index is 587. The van der Waals surface area contributed by atoms with Crippen LogP contribution in [0.1, 0.15) is 19.3 Å². The summed E-state index contributed by atoms with van der Waals surface area (Å²) in [6, 6.07) is 3.51. The highest BCUT2D eigenvalue weighted by atomic mass is 32.2. The van der Waals surface area contributed by atoms with Crippen LogP contribution in [0.2, 0.25) is 0 Å². The van der Waals surface area contributed by atoms with Gasteiger partial charge in [0.15, 0.2) is 0 Å². The lowest BCUT2D eigenvalue weighted by molar-refractivity contribution is 0.0775. The van der Waals surface area contributed by atoms with E-state index < -0.39 is 10.0 Å². The van der Waals surface area contributed by atoms with Crippen LogP contribution in [0.3, 0.4) is 0 Å². The third kappa shape index (κ3) is 2.22. The molecule has 0 amide bonds. The van der Waals surface area contributed by atoms with Gasteiger partial charge in [-0.05, 0) is 43.2 Å². The molecule has 1 aliphatic carbocycles. The molecule has 2 saturated heterocycles. The van der Waals surface area contributed by atoms with E-state index in [1.165, 1.54) is 30.7 Å². The molecule has 0 atom stereocenters. The normalized spacial score (nSPS) is 27.0. The summed E-state index contributed by atoms with van der Waals surface area (Å²) in [5.74, 6) is 0.927. The molecule has 3 fully saturated rings. The van der Waals surface area contributed by atoms with E-state index in [4.69, 9.17) is 0 Å². The summed E-state index contributed by atoms with van der Waals surface area (Å²) < 4.78 is 27.0. The van der Waals surface area contributed by atoms with E-state index >= 15 is 0 Å². The quantitative estimate of drug-likeness (QED) is 0.852. The van der Waals surface area contributed by atoms with E-state index in [1.807, 2.05) is 5.38 Å². The van der Waals surface area contributed by atoms with Crippen LogP contribution in [0.25, 0.3) is 0 Å². The van der Waals surface area contributed by atoms with Gasteiger partial charge in [-0.25, -0.2) is 8.42 Å². The van der Waals surface area contributed by atoms with Crippen LogP contribution in [0.5, 0.6) is 0 Å². The van der Waals surface area contributed by atoms with Gasteiger partial charge in [-0.15, -0.1) is 11.3 Å². The maximum atomic E-state index is 12.4. The van der Waals surface area contributed by atoms with Crippen molar-refractivity contribution in [1.29, 1.82) is 0 Å². The molecular formula is C14H20N2O2S2. The van der Waals surface area contributed by atoms with Crippen molar-refractivity contribution in [3.8, 4) is 0 Å². The summed E-state index contributed by atoms with van der Waals surface area (Å²) in [6.45, 7) is 4.92. The van der Waals surface area contributed by atoms with Crippen molar-refractivity contribution in [2.24, 2.45) is 11.3 Å². The van der Waals surface area contributed by atoms with Gasteiger partial charge in [-0.2, -0.15) is 4.31 Å². The molecule has 3 heterocycles. The van der Waals surface area contributed by atoms with Crippen molar-refractivity contribution in [3.63, 3.8) is 0 Å².